The molecule has 0 spiro atoms. The molecule has 0 aromatic heterocycles. The van der Waals surface area contributed by atoms with Crippen molar-refractivity contribution in [1.82, 2.24) is 10.0 Å². The van der Waals surface area contributed by atoms with E-state index in [0.717, 1.165) is 16.7 Å². The smallest absolute Gasteiger partial charge is 0.251 e. The minimum atomic E-state index is -3.56. The van der Waals surface area contributed by atoms with Crippen LogP contribution in [0.3, 0.4) is 0 Å². The van der Waals surface area contributed by atoms with E-state index in [2.05, 4.69) is 10.0 Å². The minimum absolute atomic E-state index is 0.186. The fourth-order valence-electron chi connectivity index (χ4n) is 2.67. The lowest BCUT2D eigenvalue weighted by Crippen LogP contribution is -2.23. The Kier molecular flexibility index (Phi) is 6.69. The highest BCUT2D eigenvalue weighted by Crippen LogP contribution is 2.13. The second-order valence-corrected chi connectivity index (χ2v) is 8.85. The Labute approximate surface area is 175 Å². The number of aryl methyl sites for hydroxylation is 1. The minimum Gasteiger partial charge on any atom is -0.348 e. The molecule has 3 aromatic carbocycles. The predicted molar refractivity (Wildman–Crippen MR) is 114 cm³/mol. The summed E-state index contributed by atoms with van der Waals surface area (Å²) in [5.74, 6) is -0.206. The van der Waals surface area contributed by atoms with E-state index in [1.54, 1.807) is 48.5 Å². The lowest BCUT2D eigenvalue weighted by atomic mass is 10.1. The molecule has 0 fully saturated rings. The number of sulfonamides is 1. The summed E-state index contributed by atoms with van der Waals surface area (Å²) in [5, 5.41) is 3.34. The van der Waals surface area contributed by atoms with Gasteiger partial charge < -0.3 is 5.32 Å². The number of hydrogen-bond acceptors (Lipinski definition) is 3. The third kappa shape index (κ3) is 5.90. The first kappa shape index (κ1) is 21.0. The number of benzene rings is 3. The van der Waals surface area contributed by atoms with E-state index in [1.807, 2.05) is 31.2 Å². The topological polar surface area (TPSA) is 75.3 Å². The van der Waals surface area contributed by atoms with E-state index in [-0.39, 0.29) is 17.3 Å². The monoisotopic (exact) mass is 428 g/mol. The highest BCUT2D eigenvalue weighted by Gasteiger charge is 2.13. The molecule has 5 nitrogen and oxygen atoms in total. The van der Waals surface area contributed by atoms with Crippen molar-refractivity contribution in [3.63, 3.8) is 0 Å². The van der Waals surface area contributed by atoms with Gasteiger partial charge in [-0.1, -0.05) is 59.6 Å². The number of amides is 1. The Morgan fingerprint density at radius 3 is 2.14 bits per heavy atom. The van der Waals surface area contributed by atoms with Crippen LogP contribution in [0.1, 0.15) is 27.0 Å². The van der Waals surface area contributed by atoms with Gasteiger partial charge in [0.05, 0.1) is 4.90 Å². The molecule has 0 aliphatic heterocycles. The van der Waals surface area contributed by atoms with Crippen LogP contribution < -0.4 is 10.0 Å². The second-order valence-electron chi connectivity index (χ2n) is 6.65. The zero-order chi connectivity index (χ0) is 20.9. The number of carbonyl (C=O) groups is 1. The summed E-state index contributed by atoms with van der Waals surface area (Å²) in [6.07, 6.45) is 0. The summed E-state index contributed by atoms with van der Waals surface area (Å²) < 4.78 is 27.3. The Bertz CT molecular complexity index is 1100. The largest absolute Gasteiger partial charge is 0.348 e. The van der Waals surface area contributed by atoms with Gasteiger partial charge in [-0.3, -0.25) is 4.79 Å². The van der Waals surface area contributed by atoms with Crippen LogP contribution in [-0.4, -0.2) is 14.3 Å². The van der Waals surface area contributed by atoms with Crippen LogP contribution >= 0.6 is 11.6 Å². The van der Waals surface area contributed by atoms with Crippen LogP contribution in [0.25, 0.3) is 0 Å². The SMILES string of the molecule is Cc1ccc(S(=O)(=O)NCc2ccc(CNC(=O)c3cccc(Cl)c3)cc2)cc1. The van der Waals surface area contributed by atoms with Crippen LogP contribution in [-0.2, 0) is 23.1 Å². The molecule has 0 unspecified atom stereocenters. The zero-order valence-electron chi connectivity index (χ0n) is 15.9. The molecule has 0 aliphatic carbocycles. The molecule has 2 N–H and O–H groups in total. The molecule has 3 rings (SSSR count). The molecule has 0 atom stereocenters. The third-order valence-corrected chi connectivity index (χ3v) is 6.01. The van der Waals surface area contributed by atoms with Crippen LogP contribution in [0.15, 0.2) is 77.7 Å². The number of halogens is 1. The molecular formula is C22H21ClN2O3S. The van der Waals surface area contributed by atoms with Gasteiger partial charge in [-0.05, 0) is 48.4 Å². The fourth-order valence-corrected chi connectivity index (χ4v) is 3.88. The van der Waals surface area contributed by atoms with E-state index in [4.69, 9.17) is 11.6 Å². The summed E-state index contributed by atoms with van der Waals surface area (Å²) in [6, 6.07) is 20.8. The quantitative estimate of drug-likeness (QED) is 0.596. The lowest BCUT2D eigenvalue weighted by Gasteiger charge is -2.09. The molecule has 1 amide bonds. The summed E-state index contributed by atoms with van der Waals surface area (Å²) in [6.45, 7) is 2.45. The molecule has 0 heterocycles. The molecule has 3 aromatic rings. The molecule has 0 saturated carbocycles. The van der Waals surface area contributed by atoms with Gasteiger partial charge in [0.2, 0.25) is 10.0 Å². The van der Waals surface area contributed by atoms with Crippen LogP contribution in [0.2, 0.25) is 5.02 Å². The van der Waals surface area contributed by atoms with Crippen molar-refractivity contribution in [3.8, 4) is 0 Å². The van der Waals surface area contributed by atoms with Gasteiger partial charge in [-0.2, -0.15) is 0 Å². The van der Waals surface area contributed by atoms with Gasteiger partial charge in [0, 0.05) is 23.7 Å². The van der Waals surface area contributed by atoms with Crippen molar-refractivity contribution in [1.29, 1.82) is 0 Å². The average Bonchev–Trinajstić information content (AvgIpc) is 2.71. The maximum Gasteiger partial charge on any atom is 0.251 e. The first-order valence-corrected chi connectivity index (χ1v) is 10.9. The van der Waals surface area contributed by atoms with E-state index >= 15 is 0 Å². The standard InChI is InChI=1S/C22H21ClN2O3S/c1-16-5-11-21(12-6-16)29(27,28)25-15-18-9-7-17(8-10-18)14-24-22(26)19-3-2-4-20(23)13-19/h2-13,25H,14-15H2,1H3,(H,24,26). The number of nitrogens with one attached hydrogen (secondary N) is 2. The van der Waals surface area contributed by atoms with Gasteiger partial charge in [-0.25, -0.2) is 13.1 Å². The van der Waals surface area contributed by atoms with Crippen molar-refractivity contribution >= 4 is 27.5 Å². The molecule has 0 saturated heterocycles. The predicted octanol–water partition coefficient (Wildman–Crippen LogP) is 4.06. The van der Waals surface area contributed by atoms with E-state index in [9.17, 15) is 13.2 Å². The molecule has 0 radical (unpaired) electrons. The van der Waals surface area contributed by atoms with Crippen molar-refractivity contribution in [2.24, 2.45) is 0 Å². The summed E-state index contributed by atoms with van der Waals surface area (Å²) in [5.41, 5.74) is 3.23. The van der Waals surface area contributed by atoms with Crippen molar-refractivity contribution in [2.75, 3.05) is 0 Å². The van der Waals surface area contributed by atoms with Crippen molar-refractivity contribution < 1.29 is 13.2 Å². The molecule has 0 bridgehead atoms. The Morgan fingerprint density at radius 2 is 1.52 bits per heavy atom. The highest BCUT2D eigenvalue weighted by atomic mass is 35.5. The maximum absolute atomic E-state index is 12.4. The van der Waals surface area contributed by atoms with Gasteiger partial charge in [0.25, 0.3) is 5.91 Å². The average molecular weight is 429 g/mol. The van der Waals surface area contributed by atoms with E-state index in [0.29, 0.717) is 17.1 Å². The van der Waals surface area contributed by atoms with E-state index < -0.39 is 10.0 Å². The molecule has 150 valence electrons. The molecule has 29 heavy (non-hydrogen) atoms. The zero-order valence-corrected chi connectivity index (χ0v) is 17.4. The second kappa shape index (κ2) is 9.22. The number of rotatable bonds is 7. The Balaban J connectivity index is 1.55. The summed E-state index contributed by atoms with van der Waals surface area (Å²) >= 11 is 5.90. The van der Waals surface area contributed by atoms with Crippen LogP contribution in [0, 0.1) is 6.92 Å². The fraction of sp³-hybridized carbons (Fsp3) is 0.136. The van der Waals surface area contributed by atoms with Gasteiger partial charge >= 0.3 is 0 Å². The third-order valence-electron chi connectivity index (χ3n) is 4.36. The molecular weight excluding hydrogens is 408 g/mol. The number of carbonyl (C=O) groups excluding carboxylic acids is 1. The van der Waals surface area contributed by atoms with Gasteiger partial charge in [0.15, 0.2) is 0 Å². The maximum atomic E-state index is 12.4. The van der Waals surface area contributed by atoms with Crippen molar-refractivity contribution in [3.05, 3.63) is 100 Å². The van der Waals surface area contributed by atoms with Gasteiger partial charge in [0.1, 0.15) is 0 Å². The lowest BCUT2D eigenvalue weighted by molar-refractivity contribution is 0.0951. The highest BCUT2D eigenvalue weighted by molar-refractivity contribution is 7.89. The molecule has 7 heteroatoms. The first-order valence-electron chi connectivity index (χ1n) is 9.01. The molecule has 0 aliphatic rings. The normalized spacial score (nSPS) is 11.2. The number of hydrogen-bond donors (Lipinski definition) is 2. The summed E-state index contributed by atoms with van der Waals surface area (Å²) in [4.78, 5) is 12.4. The van der Waals surface area contributed by atoms with Crippen LogP contribution in [0.5, 0.6) is 0 Å². The van der Waals surface area contributed by atoms with Gasteiger partial charge in [-0.15, -0.1) is 0 Å². The summed E-state index contributed by atoms with van der Waals surface area (Å²) in [7, 11) is -3.56. The Morgan fingerprint density at radius 1 is 0.897 bits per heavy atom. The first-order chi connectivity index (χ1) is 13.8. The van der Waals surface area contributed by atoms with Crippen molar-refractivity contribution in [2.45, 2.75) is 24.9 Å². The Hall–Kier alpha value is -2.67. The van der Waals surface area contributed by atoms with Crippen LogP contribution in [0.4, 0.5) is 0 Å². The van der Waals surface area contributed by atoms with E-state index in [1.165, 1.54) is 0 Å².